The molecule has 0 aliphatic heterocycles. The van der Waals surface area contributed by atoms with Gasteiger partial charge in [-0.05, 0) is 14.1 Å². The van der Waals surface area contributed by atoms with Crippen LogP contribution in [-0.4, -0.2) is 88.0 Å². The Bertz CT molecular complexity index is 74.4. The standard InChI is InChI=1S/C4H9NO2.K/c1-5(2)3-4(6)7;/h3H2,1-2H3,(H,6,7);. The van der Waals surface area contributed by atoms with Gasteiger partial charge in [-0.1, -0.05) is 0 Å². The van der Waals surface area contributed by atoms with Crippen LogP contribution in [0.15, 0.2) is 0 Å². The third-order valence-corrected chi connectivity index (χ3v) is 0.451. The fourth-order valence-electron chi connectivity index (χ4n) is 0.271. The minimum atomic E-state index is -0.787. The average Bonchev–Trinajstić information content (AvgIpc) is 1.27. The maximum Gasteiger partial charge on any atom is 0.317 e. The Labute approximate surface area is 91.5 Å². The maximum absolute atomic E-state index is 9.77. The van der Waals surface area contributed by atoms with Crippen molar-refractivity contribution < 1.29 is 9.90 Å². The van der Waals surface area contributed by atoms with E-state index in [-0.39, 0.29) is 57.9 Å². The minimum absolute atomic E-state index is 0. The molecule has 0 aromatic carbocycles. The molecule has 8 heavy (non-hydrogen) atoms. The van der Waals surface area contributed by atoms with E-state index in [2.05, 4.69) is 0 Å². The van der Waals surface area contributed by atoms with Gasteiger partial charge in [0.15, 0.2) is 0 Å². The Morgan fingerprint density at radius 3 is 2.00 bits per heavy atom. The number of aliphatic carboxylic acids is 1. The molecule has 0 aliphatic rings. The summed E-state index contributed by atoms with van der Waals surface area (Å²) in [5.74, 6) is -0.787. The van der Waals surface area contributed by atoms with Crippen LogP contribution in [0.5, 0.6) is 0 Å². The molecule has 3 nitrogen and oxygen atoms in total. The Hall–Kier alpha value is 1.07. The Morgan fingerprint density at radius 2 is 2.00 bits per heavy atom. The molecule has 0 rings (SSSR count). The molecule has 4 heteroatoms. The number of carboxylic acids is 1. The third-order valence-electron chi connectivity index (χ3n) is 0.451. The van der Waals surface area contributed by atoms with Crippen LogP contribution in [0.3, 0.4) is 0 Å². The molecule has 0 saturated heterocycles. The van der Waals surface area contributed by atoms with Crippen molar-refractivity contribution in [1.29, 1.82) is 0 Å². The van der Waals surface area contributed by atoms with Gasteiger partial charge in [-0.3, -0.25) is 9.69 Å². The molecule has 0 fully saturated rings. The van der Waals surface area contributed by atoms with Crippen molar-refractivity contribution in [2.75, 3.05) is 20.6 Å². The second kappa shape index (κ2) is 6.19. The smallest absolute Gasteiger partial charge is 0.317 e. The summed E-state index contributed by atoms with van der Waals surface area (Å²) in [6.45, 7) is 0.111. The van der Waals surface area contributed by atoms with Crippen LogP contribution in [0.2, 0.25) is 0 Å². The van der Waals surface area contributed by atoms with Crippen LogP contribution in [0, 0.1) is 0 Å². The zero-order valence-electron chi connectivity index (χ0n) is 5.51. The van der Waals surface area contributed by atoms with Crippen molar-refractivity contribution in [3.63, 3.8) is 0 Å². The Balaban J connectivity index is 0. The van der Waals surface area contributed by atoms with E-state index >= 15 is 0 Å². The second-order valence-electron chi connectivity index (χ2n) is 1.63. The summed E-state index contributed by atoms with van der Waals surface area (Å²) >= 11 is 0. The average molecular weight is 142 g/mol. The molecule has 1 radical (unpaired) electrons. The first-order valence-electron chi connectivity index (χ1n) is 1.99. The quantitative estimate of drug-likeness (QED) is 0.516. The van der Waals surface area contributed by atoms with Gasteiger partial charge in [0.1, 0.15) is 0 Å². The number of nitrogens with zero attached hydrogens (tertiary/aromatic N) is 1. The minimum Gasteiger partial charge on any atom is -0.480 e. The number of hydrogen-bond donors (Lipinski definition) is 1. The summed E-state index contributed by atoms with van der Waals surface area (Å²) in [6, 6.07) is 0. The summed E-state index contributed by atoms with van der Waals surface area (Å²) < 4.78 is 0. The van der Waals surface area contributed by atoms with E-state index in [1.807, 2.05) is 0 Å². The fourth-order valence-corrected chi connectivity index (χ4v) is 0.271. The van der Waals surface area contributed by atoms with Crippen LogP contribution in [0.25, 0.3) is 0 Å². The van der Waals surface area contributed by atoms with Gasteiger partial charge >= 0.3 is 5.97 Å². The van der Waals surface area contributed by atoms with Gasteiger partial charge in [-0.2, -0.15) is 0 Å². The van der Waals surface area contributed by atoms with Gasteiger partial charge in [0.05, 0.1) is 6.54 Å². The van der Waals surface area contributed by atoms with E-state index in [9.17, 15) is 4.79 Å². The predicted octanol–water partition coefficient (Wildman–Crippen LogP) is -0.748. The second-order valence-corrected chi connectivity index (χ2v) is 1.63. The molecule has 0 heterocycles. The van der Waals surface area contributed by atoms with Crippen LogP contribution < -0.4 is 0 Å². The summed E-state index contributed by atoms with van der Waals surface area (Å²) in [4.78, 5) is 11.4. The third kappa shape index (κ3) is 10.1. The van der Waals surface area contributed by atoms with E-state index in [0.29, 0.717) is 0 Å². The number of likely N-dealkylation sites (N-methyl/N-ethyl adjacent to an activating group) is 1. The molecule has 0 aromatic rings. The van der Waals surface area contributed by atoms with Crippen molar-refractivity contribution in [1.82, 2.24) is 4.90 Å². The van der Waals surface area contributed by atoms with Crippen molar-refractivity contribution in [3.05, 3.63) is 0 Å². The van der Waals surface area contributed by atoms with Crippen molar-refractivity contribution in [2.24, 2.45) is 0 Å². The topological polar surface area (TPSA) is 40.5 Å². The molecule has 0 spiro atoms. The van der Waals surface area contributed by atoms with Crippen LogP contribution in [-0.2, 0) is 4.79 Å². The number of carbonyl (C=O) groups is 1. The van der Waals surface area contributed by atoms with E-state index in [1.54, 1.807) is 19.0 Å². The Kier molecular flexibility index (Phi) is 9.14. The van der Waals surface area contributed by atoms with E-state index in [4.69, 9.17) is 5.11 Å². The first-order chi connectivity index (χ1) is 3.13. The zero-order chi connectivity index (χ0) is 5.86. The van der Waals surface area contributed by atoms with Gasteiger partial charge < -0.3 is 5.11 Å². The van der Waals surface area contributed by atoms with Gasteiger partial charge in [0.25, 0.3) is 0 Å². The summed E-state index contributed by atoms with van der Waals surface area (Å²) in [6.07, 6.45) is 0. The van der Waals surface area contributed by atoms with Crippen molar-refractivity contribution in [2.45, 2.75) is 0 Å². The van der Waals surface area contributed by atoms with Crippen LogP contribution in [0.1, 0.15) is 0 Å². The van der Waals surface area contributed by atoms with Gasteiger partial charge in [0.2, 0.25) is 0 Å². The molecule has 1 N–H and O–H groups in total. The summed E-state index contributed by atoms with van der Waals surface area (Å²) in [7, 11) is 3.43. The molecule has 0 aliphatic carbocycles. The normalized spacial score (nSPS) is 8.38. The zero-order valence-corrected chi connectivity index (χ0v) is 8.63. The fraction of sp³-hybridized carbons (Fsp3) is 0.750. The summed E-state index contributed by atoms with van der Waals surface area (Å²) in [5.41, 5.74) is 0. The first-order valence-corrected chi connectivity index (χ1v) is 1.99. The van der Waals surface area contributed by atoms with E-state index in [1.165, 1.54) is 0 Å². The van der Waals surface area contributed by atoms with Gasteiger partial charge in [-0.15, -0.1) is 0 Å². The van der Waals surface area contributed by atoms with Gasteiger partial charge in [0, 0.05) is 51.4 Å². The molecule has 0 saturated carbocycles. The molecular formula is C4H9KNO2. The SMILES string of the molecule is CN(C)CC(=O)O.[K]. The van der Waals surface area contributed by atoms with Crippen LogP contribution >= 0.6 is 0 Å². The maximum atomic E-state index is 9.77. The molecular weight excluding hydrogens is 133 g/mol. The van der Waals surface area contributed by atoms with Crippen molar-refractivity contribution in [3.8, 4) is 0 Å². The molecule has 43 valence electrons. The number of hydrogen-bond acceptors (Lipinski definition) is 2. The Morgan fingerprint density at radius 1 is 1.62 bits per heavy atom. The molecule has 0 amide bonds. The first kappa shape index (κ1) is 11.8. The van der Waals surface area contributed by atoms with Crippen LogP contribution in [0.4, 0.5) is 0 Å². The predicted molar refractivity (Wildman–Crippen MR) is 31.9 cm³/mol. The molecule has 0 bridgehead atoms. The van der Waals surface area contributed by atoms with E-state index < -0.39 is 5.97 Å². The largest absolute Gasteiger partial charge is 0.480 e. The number of rotatable bonds is 2. The van der Waals surface area contributed by atoms with Gasteiger partial charge in [-0.25, -0.2) is 0 Å². The number of carboxylic acid groups (broad SMARTS) is 1. The molecule has 0 aromatic heterocycles. The monoisotopic (exact) mass is 142 g/mol. The summed E-state index contributed by atoms with van der Waals surface area (Å²) in [5, 5.41) is 8.04. The molecule has 0 atom stereocenters. The van der Waals surface area contributed by atoms with Crippen molar-refractivity contribution >= 4 is 57.4 Å². The van der Waals surface area contributed by atoms with E-state index in [0.717, 1.165) is 0 Å². The molecule has 0 unspecified atom stereocenters.